The summed E-state index contributed by atoms with van der Waals surface area (Å²) in [6, 6.07) is 8.28. The van der Waals surface area contributed by atoms with Crippen molar-refractivity contribution in [1.82, 2.24) is 4.90 Å². The number of methoxy groups -OCH3 is 1. The molecule has 0 aliphatic carbocycles. The van der Waals surface area contributed by atoms with Crippen LogP contribution in [0.4, 0.5) is 0 Å². The summed E-state index contributed by atoms with van der Waals surface area (Å²) >= 11 is 0. The Morgan fingerprint density at radius 2 is 1.95 bits per heavy atom. The Labute approximate surface area is 134 Å². The van der Waals surface area contributed by atoms with Gasteiger partial charge in [0, 0.05) is 19.6 Å². The molecule has 4 nitrogen and oxygen atoms in total. The minimum atomic E-state index is 0.476. The zero-order valence-corrected chi connectivity index (χ0v) is 14.1. The molecule has 1 saturated heterocycles. The number of benzene rings is 1. The van der Waals surface area contributed by atoms with Crippen LogP contribution in [0.25, 0.3) is 0 Å². The lowest BCUT2D eigenvalue weighted by Crippen LogP contribution is -2.42. The van der Waals surface area contributed by atoms with Crippen molar-refractivity contribution in [3.8, 4) is 5.75 Å². The van der Waals surface area contributed by atoms with Crippen LogP contribution in [0.15, 0.2) is 29.3 Å². The molecule has 22 heavy (non-hydrogen) atoms. The Morgan fingerprint density at radius 3 is 2.55 bits per heavy atom. The van der Waals surface area contributed by atoms with Crippen LogP contribution in [0, 0.1) is 5.92 Å². The Balaban J connectivity index is 1.79. The van der Waals surface area contributed by atoms with E-state index in [1.54, 1.807) is 7.11 Å². The van der Waals surface area contributed by atoms with E-state index in [9.17, 15) is 0 Å². The normalized spacial score (nSPS) is 18.3. The standard InChI is InChI=1S/C18H29N3O/c1-14-9-12-21(13-10-14)18(19)20-11-8-15(2)16-4-6-17(22-3)7-5-16/h4-7,14-15H,8-13H2,1-3H3,(H2,19,20). The zero-order chi connectivity index (χ0) is 15.9. The van der Waals surface area contributed by atoms with Gasteiger partial charge in [-0.3, -0.25) is 4.99 Å². The van der Waals surface area contributed by atoms with E-state index in [0.717, 1.165) is 37.7 Å². The number of nitrogens with two attached hydrogens (primary N) is 1. The Bertz CT molecular complexity index is 476. The molecule has 1 aromatic rings. The van der Waals surface area contributed by atoms with Gasteiger partial charge in [-0.2, -0.15) is 0 Å². The maximum Gasteiger partial charge on any atom is 0.191 e. The van der Waals surface area contributed by atoms with Crippen LogP contribution in [0.2, 0.25) is 0 Å². The summed E-state index contributed by atoms with van der Waals surface area (Å²) in [7, 11) is 1.69. The number of likely N-dealkylation sites (tertiary alicyclic amines) is 1. The molecule has 0 spiro atoms. The van der Waals surface area contributed by atoms with Gasteiger partial charge in [0.15, 0.2) is 5.96 Å². The lowest BCUT2D eigenvalue weighted by atomic mass is 9.98. The van der Waals surface area contributed by atoms with Crippen LogP contribution in [0.1, 0.15) is 44.6 Å². The molecular weight excluding hydrogens is 274 g/mol. The highest BCUT2D eigenvalue weighted by Crippen LogP contribution is 2.22. The molecule has 2 rings (SSSR count). The number of hydrogen-bond donors (Lipinski definition) is 1. The summed E-state index contributed by atoms with van der Waals surface area (Å²) in [4.78, 5) is 6.79. The summed E-state index contributed by atoms with van der Waals surface area (Å²) in [5, 5.41) is 0. The van der Waals surface area contributed by atoms with E-state index in [1.165, 1.54) is 18.4 Å². The van der Waals surface area contributed by atoms with Crippen LogP contribution >= 0.6 is 0 Å². The monoisotopic (exact) mass is 303 g/mol. The molecule has 1 atom stereocenters. The number of nitrogens with zero attached hydrogens (tertiary/aromatic N) is 2. The molecule has 1 heterocycles. The lowest BCUT2D eigenvalue weighted by molar-refractivity contribution is 0.277. The van der Waals surface area contributed by atoms with Gasteiger partial charge in [-0.15, -0.1) is 0 Å². The van der Waals surface area contributed by atoms with Crippen molar-refractivity contribution in [3.63, 3.8) is 0 Å². The van der Waals surface area contributed by atoms with Gasteiger partial charge in [-0.05, 0) is 48.8 Å². The first kappa shape index (κ1) is 16.7. The first-order valence-electron chi connectivity index (χ1n) is 8.29. The smallest absolute Gasteiger partial charge is 0.191 e. The van der Waals surface area contributed by atoms with Crippen molar-refractivity contribution in [1.29, 1.82) is 0 Å². The number of ether oxygens (including phenoxy) is 1. The van der Waals surface area contributed by atoms with E-state index in [-0.39, 0.29) is 0 Å². The van der Waals surface area contributed by atoms with E-state index in [0.29, 0.717) is 11.9 Å². The Morgan fingerprint density at radius 1 is 1.32 bits per heavy atom. The number of rotatable bonds is 5. The van der Waals surface area contributed by atoms with Crippen molar-refractivity contribution in [2.24, 2.45) is 16.6 Å². The third-order valence-corrected chi connectivity index (χ3v) is 4.63. The van der Waals surface area contributed by atoms with Gasteiger partial charge in [0.25, 0.3) is 0 Å². The molecule has 4 heteroatoms. The van der Waals surface area contributed by atoms with Crippen LogP contribution in [-0.4, -0.2) is 37.6 Å². The van der Waals surface area contributed by atoms with Crippen LogP contribution in [0.5, 0.6) is 5.75 Å². The van der Waals surface area contributed by atoms with Gasteiger partial charge in [0.2, 0.25) is 0 Å². The van der Waals surface area contributed by atoms with Gasteiger partial charge in [-0.25, -0.2) is 0 Å². The highest BCUT2D eigenvalue weighted by Gasteiger charge is 2.16. The summed E-state index contributed by atoms with van der Waals surface area (Å²) in [6.07, 6.45) is 3.45. The fourth-order valence-electron chi connectivity index (χ4n) is 2.81. The third kappa shape index (κ3) is 4.65. The quantitative estimate of drug-likeness (QED) is 0.671. The summed E-state index contributed by atoms with van der Waals surface area (Å²) in [5.74, 6) is 2.91. The van der Waals surface area contributed by atoms with Gasteiger partial charge < -0.3 is 15.4 Å². The maximum atomic E-state index is 6.12. The van der Waals surface area contributed by atoms with E-state index in [4.69, 9.17) is 10.5 Å². The average Bonchev–Trinajstić information content (AvgIpc) is 2.55. The largest absolute Gasteiger partial charge is 0.497 e. The summed E-state index contributed by atoms with van der Waals surface area (Å²) < 4.78 is 5.19. The SMILES string of the molecule is COc1ccc(C(C)CCN=C(N)N2CCC(C)CC2)cc1. The second kappa shape index (κ2) is 8.06. The van der Waals surface area contributed by atoms with Gasteiger partial charge >= 0.3 is 0 Å². The number of piperidine rings is 1. The highest BCUT2D eigenvalue weighted by molar-refractivity contribution is 5.78. The molecule has 1 unspecified atom stereocenters. The minimum Gasteiger partial charge on any atom is -0.497 e. The zero-order valence-electron chi connectivity index (χ0n) is 14.1. The fraction of sp³-hybridized carbons (Fsp3) is 0.611. The first-order valence-corrected chi connectivity index (χ1v) is 8.29. The van der Waals surface area contributed by atoms with Crippen LogP contribution in [-0.2, 0) is 0 Å². The molecule has 0 amide bonds. The molecule has 122 valence electrons. The molecule has 2 N–H and O–H groups in total. The lowest BCUT2D eigenvalue weighted by Gasteiger charge is -2.31. The molecule has 0 bridgehead atoms. The van der Waals surface area contributed by atoms with E-state index in [2.05, 4.69) is 35.9 Å². The molecule has 1 fully saturated rings. The molecule has 0 aromatic heterocycles. The van der Waals surface area contributed by atoms with Crippen molar-refractivity contribution in [2.45, 2.75) is 39.0 Å². The van der Waals surface area contributed by atoms with Crippen molar-refractivity contribution in [2.75, 3.05) is 26.7 Å². The number of hydrogen-bond acceptors (Lipinski definition) is 2. The first-order chi connectivity index (χ1) is 10.6. The van der Waals surface area contributed by atoms with Gasteiger partial charge in [0.1, 0.15) is 5.75 Å². The van der Waals surface area contributed by atoms with Crippen molar-refractivity contribution >= 4 is 5.96 Å². The minimum absolute atomic E-state index is 0.476. The van der Waals surface area contributed by atoms with Gasteiger partial charge in [-0.1, -0.05) is 26.0 Å². The Kier molecular flexibility index (Phi) is 6.10. The summed E-state index contributed by atoms with van der Waals surface area (Å²) in [6.45, 7) is 7.41. The molecule has 1 aliphatic rings. The molecular formula is C18H29N3O. The van der Waals surface area contributed by atoms with Crippen LogP contribution < -0.4 is 10.5 Å². The average molecular weight is 303 g/mol. The topological polar surface area (TPSA) is 50.9 Å². The Hall–Kier alpha value is -1.71. The number of aliphatic imine (C=N–C) groups is 1. The number of guanidine groups is 1. The van der Waals surface area contributed by atoms with Crippen molar-refractivity contribution in [3.05, 3.63) is 29.8 Å². The second-order valence-corrected chi connectivity index (χ2v) is 6.37. The molecule has 1 aliphatic heterocycles. The molecule has 0 radical (unpaired) electrons. The van der Waals surface area contributed by atoms with Crippen molar-refractivity contribution < 1.29 is 4.74 Å². The predicted octanol–water partition coefficient (Wildman–Crippen LogP) is 3.24. The summed E-state index contributed by atoms with van der Waals surface area (Å²) in [5.41, 5.74) is 7.44. The molecule has 0 saturated carbocycles. The predicted molar refractivity (Wildman–Crippen MR) is 92.5 cm³/mol. The van der Waals surface area contributed by atoms with E-state index in [1.807, 2.05) is 12.1 Å². The third-order valence-electron chi connectivity index (χ3n) is 4.63. The maximum absolute atomic E-state index is 6.12. The van der Waals surface area contributed by atoms with Gasteiger partial charge in [0.05, 0.1) is 7.11 Å². The highest BCUT2D eigenvalue weighted by atomic mass is 16.5. The fourth-order valence-corrected chi connectivity index (χ4v) is 2.81. The second-order valence-electron chi connectivity index (χ2n) is 6.37. The van der Waals surface area contributed by atoms with E-state index < -0.39 is 0 Å². The van der Waals surface area contributed by atoms with Crippen LogP contribution in [0.3, 0.4) is 0 Å². The van der Waals surface area contributed by atoms with E-state index >= 15 is 0 Å². The molecule has 1 aromatic carbocycles.